The highest BCUT2D eigenvalue weighted by Crippen LogP contribution is 2.15. The topological polar surface area (TPSA) is 67.1 Å². The summed E-state index contributed by atoms with van der Waals surface area (Å²) >= 11 is 1.81. The maximum Gasteiger partial charge on any atom is 0.191 e. The first kappa shape index (κ1) is 17.0. The van der Waals surface area contributed by atoms with Crippen molar-refractivity contribution in [3.8, 4) is 0 Å². The molecule has 3 rings (SSSR count). The van der Waals surface area contributed by atoms with Crippen molar-refractivity contribution in [2.24, 2.45) is 4.99 Å². The lowest BCUT2D eigenvalue weighted by Crippen LogP contribution is -2.38. The Balaban J connectivity index is 1.47. The summed E-state index contributed by atoms with van der Waals surface area (Å²) in [5, 5.41) is 15.5. The van der Waals surface area contributed by atoms with Gasteiger partial charge in [0, 0.05) is 42.7 Å². The smallest absolute Gasteiger partial charge is 0.191 e. The monoisotopic (exact) mass is 346 g/mol. The van der Waals surface area contributed by atoms with Gasteiger partial charge in [-0.25, -0.2) is 0 Å². The lowest BCUT2D eigenvalue weighted by atomic mass is 10.2. The second kappa shape index (κ2) is 8.28. The normalized spacial score (nSPS) is 15.0. The van der Waals surface area contributed by atoms with E-state index < -0.39 is 0 Å². The van der Waals surface area contributed by atoms with E-state index in [2.05, 4.69) is 49.4 Å². The zero-order chi connectivity index (χ0) is 16.8. The molecule has 0 fully saturated rings. The third-order valence-electron chi connectivity index (χ3n) is 4.28. The van der Waals surface area contributed by atoms with Crippen LogP contribution in [0.5, 0.6) is 0 Å². The molecule has 1 aliphatic heterocycles. The molecule has 3 heterocycles. The van der Waals surface area contributed by atoms with Gasteiger partial charge in [0.15, 0.2) is 5.96 Å². The molecule has 0 saturated heterocycles. The van der Waals surface area contributed by atoms with Gasteiger partial charge in [-0.1, -0.05) is 6.42 Å². The van der Waals surface area contributed by atoms with Crippen LogP contribution in [0.3, 0.4) is 0 Å². The first-order chi connectivity index (χ1) is 11.8. The number of thiophene rings is 1. The third kappa shape index (κ3) is 4.35. The Kier molecular flexibility index (Phi) is 5.85. The van der Waals surface area contributed by atoms with E-state index in [0.29, 0.717) is 0 Å². The van der Waals surface area contributed by atoms with Crippen LogP contribution in [0.4, 0.5) is 0 Å². The second-order valence-corrected chi connectivity index (χ2v) is 7.48. The fraction of sp³-hybridized carbons (Fsp3) is 0.588. The molecule has 0 radical (unpaired) electrons. The van der Waals surface area contributed by atoms with Gasteiger partial charge < -0.3 is 15.2 Å². The number of nitrogens with one attached hydrogen (secondary N) is 2. The van der Waals surface area contributed by atoms with Gasteiger partial charge in [-0.15, -0.1) is 21.5 Å². The Morgan fingerprint density at radius 3 is 2.96 bits per heavy atom. The molecule has 2 N–H and O–H groups in total. The number of rotatable bonds is 5. The third-order valence-corrected chi connectivity index (χ3v) is 5.28. The largest absolute Gasteiger partial charge is 0.356 e. The zero-order valence-electron chi connectivity index (χ0n) is 14.5. The zero-order valence-corrected chi connectivity index (χ0v) is 15.3. The van der Waals surface area contributed by atoms with E-state index in [4.69, 9.17) is 0 Å². The first-order valence-electron chi connectivity index (χ1n) is 8.67. The minimum absolute atomic E-state index is 0.804. The van der Waals surface area contributed by atoms with E-state index in [1.807, 2.05) is 11.3 Å². The number of hydrogen-bond acceptors (Lipinski definition) is 4. The molecule has 0 unspecified atom stereocenters. The Hall–Kier alpha value is -1.89. The van der Waals surface area contributed by atoms with E-state index >= 15 is 0 Å². The summed E-state index contributed by atoms with van der Waals surface area (Å²) in [7, 11) is 1.80. The predicted molar refractivity (Wildman–Crippen MR) is 98.5 cm³/mol. The van der Waals surface area contributed by atoms with Crippen molar-refractivity contribution in [1.82, 2.24) is 25.4 Å². The van der Waals surface area contributed by atoms with Crippen LogP contribution >= 0.6 is 11.3 Å². The Morgan fingerprint density at radius 1 is 1.25 bits per heavy atom. The first-order valence-corrected chi connectivity index (χ1v) is 9.48. The minimum atomic E-state index is 0.804. The molecule has 130 valence electrons. The average molecular weight is 347 g/mol. The van der Waals surface area contributed by atoms with Crippen molar-refractivity contribution in [3.05, 3.63) is 33.5 Å². The van der Waals surface area contributed by atoms with Gasteiger partial charge in [-0.3, -0.25) is 4.99 Å². The summed E-state index contributed by atoms with van der Waals surface area (Å²) in [6, 6.07) is 4.31. The molecule has 0 atom stereocenters. The molecule has 0 aromatic carbocycles. The van der Waals surface area contributed by atoms with Crippen molar-refractivity contribution in [2.75, 3.05) is 13.6 Å². The van der Waals surface area contributed by atoms with Crippen LogP contribution in [-0.2, 0) is 25.9 Å². The lowest BCUT2D eigenvalue weighted by molar-refractivity contribution is 0.600. The van der Waals surface area contributed by atoms with Crippen molar-refractivity contribution < 1.29 is 0 Å². The summed E-state index contributed by atoms with van der Waals surface area (Å²) < 4.78 is 2.30. The molecule has 0 spiro atoms. The van der Waals surface area contributed by atoms with Gasteiger partial charge in [-0.2, -0.15) is 0 Å². The van der Waals surface area contributed by atoms with Crippen LogP contribution < -0.4 is 10.6 Å². The van der Waals surface area contributed by atoms with Gasteiger partial charge in [-0.05, 0) is 31.9 Å². The number of aliphatic imine (C=N–C) groups is 1. The summed E-state index contributed by atoms with van der Waals surface area (Å²) in [6.45, 7) is 4.80. The molecule has 0 saturated carbocycles. The van der Waals surface area contributed by atoms with E-state index in [1.54, 1.807) is 7.05 Å². The molecule has 24 heavy (non-hydrogen) atoms. The van der Waals surface area contributed by atoms with Crippen LogP contribution in [0.1, 0.15) is 40.7 Å². The second-order valence-electron chi connectivity index (χ2n) is 6.11. The van der Waals surface area contributed by atoms with Crippen LogP contribution in [0.25, 0.3) is 0 Å². The summed E-state index contributed by atoms with van der Waals surface area (Å²) in [6.07, 6.45) is 5.68. The summed E-state index contributed by atoms with van der Waals surface area (Å²) in [5.41, 5.74) is 0. The van der Waals surface area contributed by atoms with Crippen LogP contribution in [0, 0.1) is 6.92 Å². The summed E-state index contributed by atoms with van der Waals surface area (Å²) in [5.74, 6) is 3.07. The number of guanidine groups is 1. The molecule has 2 aromatic rings. The van der Waals surface area contributed by atoms with Gasteiger partial charge in [0.05, 0.1) is 6.54 Å². The average Bonchev–Trinajstić information content (AvgIpc) is 3.09. The van der Waals surface area contributed by atoms with Crippen molar-refractivity contribution in [3.63, 3.8) is 0 Å². The molecule has 0 aliphatic carbocycles. The van der Waals surface area contributed by atoms with Gasteiger partial charge >= 0.3 is 0 Å². The molecule has 2 aromatic heterocycles. The number of hydrogen-bond donors (Lipinski definition) is 2. The molecule has 0 bridgehead atoms. The van der Waals surface area contributed by atoms with Crippen molar-refractivity contribution in [2.45, 2.75) is 52.1 Å². The molecular weight excluding hydrogens is 320 g/mol. The molecule has 0 amide bonds. The van der Waals surface area contributed by atoms with E-state index in [-0.39, 0.29) is 0 Å². The minimum Gasteiger partial charge on any atom is -0.356 e. The fourth-order valence-corrected chi connectivity index (χ4v) is 3.82. The Morgan fingerprint density at radius 2 is 2.17 bits per heavy atom. The number of aromatic nitrogens is 3. The van der Waals surface area contributed by atoms with E-state index in [1.165, 1.54) is 29.0 Å². The van der Waals surface area contributed by atoms with Crippen LogP contribution in [0.15, 0.2) is 17.1 Å². The predicted octanol–water partition coefficient (Wildman–Crippen LogP) is 2.28. The SMILES string of the molecule is CN=C(NCCc1nnc2n1CCCCC2)NCc1ccc(C)s1. The van der Waals surface area contributed by atoms with E-state index in [9.17, 15) is 0 Å². The highest BCUT2D eigenvalue weighted by Gasteiger charge is 2.14. The fourth-order valence-electron chi connectivity index (χ4n) is 2.99. The molecule has 6 nitrogen and oxygen atoms in total. The maximum absolute atomic E-state index is 4.37. The van der Waals surface area contributed by atoms with Gasteiger partial charge in [0.1, 0.15) is 11.6 Å². The molecule has 7 heteroatoms. The Bertz CT molecular complexity index is 687. The standard InChI is InChI=1S/C17H26N6S/c1-13-7-8-14(24-13)12-20-17(18-2)19-10-9-16-22-21-15-6-4-3-5-11-23(15)16/h7-8H,3-6,9-12H2,1-2H3,(H2,18,19,20). The highest BCUT2D eigenvalue weighted by molar-refractivity contribution is 7.11. The number of fused-ring (bicyclic) bond motifs is 1. The van der Waals surface area contributed by atoms with Gasteiger partial charge in [0.2, 0.25) is 0 Å². The quantitative estimate of drug-likeness (QED) is 0.644. The Labute approximate surface area is 147 Å². The number of nitrogens with zero attached hydrogens (tertiary/aromatic N) is 4. The van der Waals surface area contributed by atoms with Crippen LogP contribution in [0.2, 0.25) is 0 Å². The molecule has 1 aliphatic rings. The summed E-state index contributed by atoms with van der Waals surface area (Å²) in [4.78, 5) is 6.94. The number of aryl methyl sites for hydroxylation is 2. The van der Waals surface area contributed by atoms with Gasteiger partial charge in [0.25, 0.3) is 0 Å². The van der Waals surface area contributed by atoms with E-state index in [0.717, 1.165) is 50.1 Å². The van der Waals surface area contributed by atoms with Crippen LogP contribution in [-0.4, -0.2) is 34.3 Å². The highest BCUT2D eigenvalue weighted by atomic mass is 32.1. The molecular formula is C17H26N6S. The van der Waals surface area contributed by atoms with Crippen molar-refractivity contribution in [1.29, 1.82) is 0 Å². The van der Waals surface area contributed by atoms with Crippen molar-refractivity contribution >= 4 is 17.3 Å². The maximum atomic E-state index is 4.37. The lowest BCUT2D eigenvalue weighted by Gasteiger charge is -2.11.